The second-order valence-corrected chi connectivity index (χ2v) is 3.19. The van der Waals surface area contributed by atoms with Crippen LogP contribution in [0.1, 0.15) is 16.1 Å². The second kappa shape index (κ2) is 3.20. The first-order valence-electron chi connectivity index (χ1n) is 4.36. The van der Waals surface area contributed by atoms with E-state index in [9.17, 15) is 4.79 Å². The molecule has 0 saturated carbocycles. The molecule has 0 aromatic carbocycles. The van der Waals surface area contributed by atoms with Crippen LogP contribution in [0.3, 0.4) is 0 Å². The van der Waals surface area contributed by atoms with Crippen LogP contribution in [-0.4, -0.2) is 20.5 Å². The fourth-order valence-corrected chi connectivity index (χ4v) is 1.46. The Morgan fingerprint density at radius 2 is 2.27 bits per heavy atom. The molecule has 0 amide bonds. The van der Waals surface area contributed by atoms with Crippen molar-refractivity contribution in [3.05, 3.63) is 41.1 Å². The van der Waals surface area contributed by atoms with E-state index in [1.165, 1.54) is 10.6 Å². The Hall–Kier alpha value is -2.17. The molecule has 2 aromatic heterocycles. The van der Waals surface area contributed by atoms with Crippen molar-refractivity contribution in [2.45, 2.75) is 6.92 Å². The molecule has 0 spiro atoms. The Kier molecular flexibility index (Phi) is 2.00. The molecule has 0 aliphatic carbocycles. The molecule has 0 bridgehead atoms. The average molecular weight is 203 g/mol. The van der Waals surface area contributed by atoms with E-state index in [2.05, 4.69) is 4.98 Å². The maximum absolute atomic E-state index is 10.8. The highest BCUT2D eigenvalue weighted by Gasteiger charge is 2.09. The largest absolute Gasteiger partial charge is 0.477 e. The highest BCUT2D eigenvalue weighted by molar-refractivity contribution is 5.86. The summed E-state index contributed by atoms with van der Waals surface area (Å²) in [6.45, 7) is 1.80. The Morgan fingerprint density at radius 1 is 1.53 bits per heavy atom. The van der Waals surface area contributed by atoms with Crippen LogP contribution in [0.5, 0.6) is 0 Å². The number of aryl methyl sites for hydroxylation is 1. The molecule has 0 fully saturated rings. The van der Waals surface area contributed by atoms with E-state index in [1.807, 2.05) is 6.07 Å². The van der Waals surface area contributed by atoms with E-state index in [1.54, 1.807) is 19.1 Å². The van der Waals surface area contributed by atoms with Crippen molar-refractivity contribution in [1.82, 2.24) is 9.38 Å². The molecule has 2 N–H and O–H groups in total. The Balaban J connectivity index is 2.96. The molecule has 2 heterocycles. The van der Waals surface area contributed by atoms with Crippen LogP contribution in [0.25, 0.3) is 5.65 Å². The number of fused-ring (bicyclic) bond motifs is 1. The number of pyridine rings is 1. The summed E-state index contributed by atoms with van der Waals surface area (Å²) < 4.78 is 1.50. The van der Waals surface area contributed by atoms with E-state index < -0.39 is 5.97 Å². The molecule has 0 atom stereocenters. The highest BCUT2D eigenvalue weighted by atomic mass is 16.4. The van der Waals surface area contributed by atoms with Gasteiger partial charge in [-0.1, -0.05) is 6.07 Å². The van der Waals surface area contributed by atoms with Gasteiger partial charge in [0.15, 0.2) is 0 Å². The minimum Gasteiger partial charge on any atom is -0.477 e. The number of aromatic carboxylic acids is 1. The normalized spacial score (nSPS) is 10.5. The van der Waals surface area contributed by atoms with Gasteiger partial charge in [-0.3, -0.25) is 9.81 Å². The summed E-state index contributed by atoms with van der Waals surface area (Å²) >= 11 is 0. The van der Waals surface area contributed by atoms with Gasteiger partial charge in [0.25, 0.3) is 0 Å². The predicted octanol–water partition coefficient (Wildman–Crippen LogP) is 0.820. The minimum atomic E-state index is -1.13. The molecule has 0 saturated heterocycles. The number of aromatic nitrogens is 2. The lowest BCUT2D eigenvalue weighted by Crippen LogP contribution is -2.24. The molecule has 2 rings (SSSR count). The lowest BCUT2D eigenvalue weighted by Gasteiger charge is -2.05. The molecule has 5 nitrogen and oxygen atoms in total. The Morgan fingerprint density at radius 3 is 2.93 bits per heavy atom. The molecule has 0 aliphatic rings. The van der Waals surface area contributed by atoms with Gasteiger partial charge in [-0.15, -0.1) is 0 Å². The predicted molar refractivity (Wildman–Crippen MR) is 52.7 cm³/mol. The van der Waals surface area contributed by atoms with E-state index in [-0.39, 0.29) is 11.1 Å². The monoisotopic (exact) mass is 203 g/mol. The number of carbonyl (C=O) groups is 1. The van der Waals surface area contributed by atoms with Gasteiger partial charge in [0.05, 0.1) is 0 Å². The van der Waals surface area contributed by atoms with Gasteiger partial charge in [0.2, 0.25) is 0 Å². The third-order valence-corrected chi connectivity index (χ3v) is 2.20. The smallest absolute Gasteiger partial charge is 0.341 e. The molecular weight excluding hydrogens is 194 g/mol. The lowest BCUT2D eigenvalue weighted by atomic mass is 10.3. The van der Waals surface area contributed by atoms with Crippen LogP contribution < -0.4 is 5.49 Å². The van der Waals surface area contributed by atoms with E-state index in [0.29, 0.717) is 5.65 Å². The van der Waals surface area contributed by atoms with Crippen LogP contribution in [0, 0.1) is 12.3 Å². The van der Waals surface area contributed by atoms with Gasteiger partial charge in [-0.2, -0.15) is 0 Å². The van der Waals surface area contributed by atoms with Gasteiger partial charge < -0.3 is 5.11 Å². The standard InChI is InChI=1S/C10H9N3O2/c1-6-3-2-4-8-12-5-7(10(14)15)9(11)13(6)8/h2-5,11H,1H3,(H,14,15). The summed E-state index contributed by atoms with van der Waals surface area (Å²) in [5.41, 5.74) is 1.21. The zero-order chi connectivity index (χ0) is 11.0. The quantitative estimate of drug-likeness (QED) is 0.720. The Labute approximate surface area is 85.2 Å². The molecule has 15 heavy (non-hydrogen) atoms. The van der Waals surface area contributed by atoms with Gasteiger partial charge >= 0.3 is 5.97 Å². The van der Waals surface area contributed by atoms with Gasteiger partial charge in [-0.05, 0) is 19.1 Å². The zero-order valence-corrected chi connectivity index (χ0v) is 8.06. The number of nitrogens with one attached hydrogen (secondary N) is 1. The molecule has 0 aliphatic heterocycles. The maximum atomic E-state index is 10.8. The molecule has 2 aromatic rings. The number of carboxylic acid groups (broad SMARTS) is 1. The van der Waals surface area contributed by atoms with Gasteiger partial charge in [0.1, 0.15) is 16.7 Å². The second-order valence-electron chi connectivity index (χ2n) is 3.19. The molecule has 5 heteroatoms. The number of rotatable bonds is 1. The van der Waals surface area contributed by atoms with Crippen molar-refractivity contribution in [2.75, 3.05) is 0 Å². The van der Waals surface area contributed by atoms with Gasteiger partial charge in [-0.25, -0.2) is 9.78 Å². The zero-order valence-electron chi connectivity index (χ0n) is 8.06. The molecule has 0 radical (unpaired) electrons. The first-order valence-corrected chi connectivity index (χ1v) is 4.36. The maximum Gasteiger partial charge on any atom is 0.341 e. The summed E-state index contributed by atoms with van der Waals surface area (Å²) in [6, 6.07) is 5.35. The van der Waals surface area contributed by atoms with Crippen LogP contribution in [-0.2, 0) is 0 Å². The number of carboxylic acids is 1. The summed E-state index contributed by atoms with van der Waals surface area (Å²) in [4.78, 5) is 14.8. The van der Waals surface area contributed by atoms with Crippen molar-refractivity contribution >= 4 is 11.6 Å². The molecule has 0 unspecified atom stereocenters. The van der Waals surface area contributed by atoms with Crippen LogP contribution in [0.4, 0.5) is 0 Å². The van der Waals surface area contributed by atoms with Gasteiger partial charge in [0, 0.05) is 11.9 Å². The third kappa shape index (κ3) is 1.38. The number of hydrogen-bond donors (Lipinski definition) is 2. The first-order chi connectivity index (χ1) is 7.11. The third-order valence-electron chi connectivity index (χ3n) is 2.20. The highest BCUT2D eigenvalue weighted by Crippen LogP contribution is 2.01. The van der Waals surface area contributed by atoms with Crippen LogP contribution in [0.2, 0.25) is 0 Å². The molecular formula is C10H9N3O2. The van der Waals surface area contributed by atoms with Crippen molar-refractivity contribution in [2.24, 2.45) is 0 Å². The van der Waals surface area contributed by atoms with E-state index >= 15 is 0 Å². The van der Waals surface area contributed by atoms with Crippen molar-refractivity contribution in [3.8, 4) is 0 Å². The summed E-state index contributed by atoms with van der Waals surface area (Å²) in [5.74, 6) is -1.13. The van der Waals surface area contributed by atoms with Crippen LogP contribution in [0.15, 0.2) is 24.4 Å². The number of nitrogens with zero attached hydrogens (tertiary/aromatic N) is 2. The van der Waals surface area contributed by atoms with Crippen molar-refractivity contribution < 1.29 is 9.90 Å². The SMILES string of the molecule is Cc1cccc2ncc(C(=O)O)c(=N)n12. The fourth-order valence-electron chi connectivity index (χ4n) is 1.46. The van der Waals surface area contributed by atoms with Crippen molar-refractivity contribution in [3.63, 3.8) is 0 Å². The summed E-state index contributed by atoms with van der Waals surface area (Å²) in [7, 11) is 0. The lowest BCUT2D eigenvalue weighted by molar-refractivity contribution is 0.0693. The first kappa shape index (κ1) is 9.39. The summed E-state index contributed by atoms with van der Waals surface area (Å²) in [5, 5.41) is 16.6. The topological polar surface area (TPSA) is 78.4 Å². The summed E-state index contributed by atoms with van der Waals surface area (Å²) in [6.07, 6.45) is 1.21. The van der Waals surface area contributed by atoms with Crippen LogP contribution >= 0.6 is 0 Å². The molecule has 76 valence electrons. The van der Waals surface area contributed by atoms with E-state index in [0.717, 1.165) is 5.69 Å². The van der Waals surface area contributed by atoms with Crippen molar-refractivity contribution in [1.29, 1.82) is 5.41 Å². The van der Waals surface area contributed by atoms with E-state index in [4.69, 9.17) is 10.5 Å². The Bertz CT molecular complexity index is 601. The number of hydrogen-bond acceptors (Lipinski definition) is 3. The fraction of sp³-hybridized carbons (Fsp3) is 0.100. The minimum absolute atomic E-state index is 0.0504. The average Bonchev–Trinajstić information content (AvgIpc) is 2.17.